The molecule has 0 aliphatic heterocycles. The molecule has 1 aromatic carbocycles. The molecule has 0 saturated carbocycles. The molecule has 4 rings (SSSR count). The van der Waals surface area contributed by atoms with Crippen molar-refractivity contribution in [3.63, 3.8) is 0 Å². The number of aromatic amines is 1. The van der Waals surface area contributed by atoms with E-state index in [0.717, 1.165) is 28.1 Å². The summed E-state index contributed by atoms with van der Waals surface area (Å²) in [5.41, 5.74) is 4.84. The Morgan fingerprint density at radius 2 is 1.92 bits per heavy atom. The molecular weight excluding hydrogens is 303 g/mol. The number of nitrogens with one attached hydrogen (secondary N) is 1. The summed E-state index contributed by atoms with van der Waals surface area (Å²) in [5.74, 6) is -0.253. The third-order valence-electron chi connectivity index (χ3n) is 3.90. The van der Waals surface area contributed by atoms with Crippen molar-refractivity contribution in [3.05, 3.63) is 85.0 Å². The Balaban J connectivity index is 1.82. The molecule has 3 heterocycles. The second-order valence-corrected chi connectivity index (χ2v) is 5.54. The third-order valence-corrected chi connectivity index (χ3v) is 3.90. The number of benzene rings is 1. The zero-order valence-corrected chi connectivity index (χ0v) is 12.9. The molecule has 4 aromatic rings. The van der Waals surface area contributed by atoms with Crippen LogP contribution in [-0.4, -0.2) is 19.5 Å². The van der Waals surface area contributed by atoms with Crippen LogP contribution in [0.15, 0.2) is 73.6 Å². The summed E-state index contributed by atoms with van der Waals surface area (Å²) >= 11 is 0. The molecule has 0 fully saturated rings. The lowest BCUT2D eigenvalue weighted by Gasteiger charge is -2.09. The highest BCUT2D eigenvalue weighted by atomic mass is 19.1. The van der Waals surface area contributed by atoms with Crippen molar-refractivity contribution in [2.45, 2.75) is 6.54 Å². The normalized spacial score (nSPS) is 10.9. The second kappa shape index (κ2) is 6.12. The van der Waals surface area contributed by atoms with E-state index in [9.17, 15) is 4.39 Å². The Kier molecular flexibility index (Phi) is 3.67. The zero-order chi connectivity index (χ0) is 16.4. The minimum atomic E-state index is -0.253. The SMILES string of the molecule is Fc1ccc(-c2ncn(Cc3cccnc3)c2-c2cc[nH]c2)cc1. The van der Waals surface area contributed by atoms with Gasteiger partial charge >= 0.3 is 0 Å². The summed E-state index contributed by atoms with van der Waals surface area (Å²) in [7, 11) is 0. The molecule has 0 atom stereocenters. The molecular formula is C19H15FN4. The Hall–Kier alpha value is -3.21. The highest BCUT2D eigenvalue weighted by Crippen LogP contribution is 2.31. The van der Waals surface area contributed by atoms with E-state index in [4.69, 9.17) is 0 Å². The van der Waals surface area contributed by atoms with Gasteiger partial charge < -0.3 is 9.55 Å². The number of rotatable bonds is 4. The highest BCUT2D eigenvalue weighted by Gasteiger charge is 2.15. The van der Waals surface area contributed by atoms with E-state index < -0.39 is 0 Å². The Bertz CT molecular complexity index is 925. The number of halogens is 1. The van der Waals surface area contributed by atoms with E-state index >= 15 is 0 Å². The van der Waals surface area contributed by atoms with Crippen LogP contribution in [0.25, 0.3) is 22.5 Å². The third kappa shape index (κ3) is 2.72. The average Bonchev–Trinajstić information content (AvgIpc) is 3.26. The molecule has 0 saturated heterocycles. The lowest BCUT2D eigenvalue weighted by atomic mass is 10.1. The monoisotopic (exact) mass is 318 g/mol. The first-order valence-electron chi connectivity index (χ1n) is 7.64. The number of H-pyrrole nitrogens is 1. The number of hydrogen-bond donors (Lipinski definition) is 1. The largest absolute Gasteiger partial charge is 0.367 e. The van der Waals surface area contributed by atoms with Gasteiger partial charge in [-0.05, 0) is 42.0 Å². The highest BCUT2D eigenvalue weighted by molar-refractivity contribution is 5.78. The van der Waals surface area contributed by atoms with Crippen LogP contribution in [0.4, 0.5) is 4.39 Å². The van der Waals surface area contributed by atoms with Crippen molar-refractivity contribution >= 4 is 0 Å². The summed E-state index contributed by atoms with van der Waals surface area (Å²) in [5, 5.41) is 0. The molecule has 24 heavy (non-hydrogen) atoms. The first-order chi connectivity index (χ1) is 11.8. The molecule has 5 heteroatoms. The fourth-order valence-electron chi connectivity index (χ4n) is 2.78. The smallest absolute Gasteiger partial charge is 0.123 e. The zero-order valence-electron chi connectivity index (χ0n) is 12.9. The van der Waals surface area contributed by atoms with Gasteiger partial charge in [0, 0.05) is 35.9 Å². The van der Waals surface area contributed by atoms with Crippen molar-refractivity contribution in [1.82, 2.24) is 19.5 Å². The maximum Gasteiger partial charge on any atom is 0.123 e. The molecule has 0 aliphatic rings. The van der Waals surface area contributed by atoms with Crippen LogP contribution in [0.5, 0.6) is 0 Å². The van der Waals surface area contributed by atoms with Crippen molar-refractivity contribution in [1.29, 1.82) is 0 Å². The number of pyridine rings is 1. The van der Waals surface area contributed by atoms with Gasteiger partial charge in [-0.1, -0.05) is 6.07 Å². The number of imidazole rings is 1. The number of hydrogen-bond acceptors (Lipinski definition) is 2. The van der Waals surface area contributed by atoms with Gasteiger partial charge in [0.1, 0.15) is 5.82 Å². The minimum Gasteiger partial charge on any atom is -0.367 e. The predicted molar refractivity (Wildman–Crippen MR) is 90.7 cm³/mol. The van der Waals surface area contributed by atoms with Crippen molar-refractivity contribution in [3.8, 4) is 22.5 Å². The van der Waals surface area contributed by atoms with Crippen LogP contribution in [-0.2, 0) is 6.54 Å². The van der Waals surface area contributed by atoms with Crippen molar-refractivity contribution in [2.24, 2.45) is 0 Å². The van der Waals surface area contributed by atoms with Crippen LogP contribution in [0.1, 0.15) is 5.56 Å². The van der Waals surface area contributed by atoms with E-state index in [2.05, 4.69) is 19.5 Å². The van der Waals surface area contributed by atoms with E-state index in [1.54, 1.807) is 18.3 Å². The maximum absolute atomic E-state index is 13.2. The molecule has 0 spiro atoms. The molecule has 0 amide bonds. The van der Waals surface area contributed by atoms with Gasteiger partial charge in [-0.25, -0.2) is 9.37 Å². The van der Waals surface area contributed by atoms with Gasteiger partial charge in [-0.2, -0.15) is 0 Å². The van der Waals surface area contributed by atoms with Gasteiger partial charge in [0.05, 0.1) is 24.3 Å². The van der Waals surface area contributed by atoms with E-state index in [1.807, 2.05) is 43.1 Å². The van der Waals surface area contributed by atoms with Gasteiger partial charge in [-0.15, -0.1) is 0 Å². The van der Waals surface area contributed by atoms with Crippen molar-refractivity contribution < 1.29 is 4.39 Å². The fourth-order valence-corrected chi connectivity index (χ4v) is 2.78. The molecule has 3 aromatic heterocycles. The Labute approximate surface area is 138 Å². The maximum atomic E-state index is 13.2. The summed E-state index contributed by atoms with van der Waals surface area (Å²) in [6.07, 6.45) is 9.23. The number of aromatic nitrogens is 4. The first-order valence-corrected chi connectivity index (χ1v) is 7.64. The standard InChI is InChI=1S/C19H15FN4/c20-17-5-3-15(4-6-17)18-19(16-7-9-22-11-16)24(13-23-18)12-14-2-1-8-21-10-14/h1-11,13,22H,12H2. The Morgan fingerprint density at radius 3 is 2.62 bits per heavy atom. The summed E-state index contributed by atoms with van der Waals surface area (Å²) < 4.78 is 15.3. The van der Waals surface area contributed by atoms with E-state index in [-0.39, 0.29) is 5.82 Å². The second-order valence-electron chi connectivity index (χ2n) is 5.54. The number of nitrogens with zero attached hydrogens (tertiary/aromatic N) is 3. The molecule has 0 aliphatic carbocycles. The van der Waals surface area contributed by atoms with Crippen LogP contribution < -0.4 is 0 Å². The summed E-state index contributed by atoms with van der Waals surface area (Å²) in [4.78, 5) is 11.8. The predicted octanol–water partition coefficient (Wildman–Crippen LogP) is 4.13. The lowest BCUT2D eigenvalue weighted by Crippen LogP contribution is -2.01. The topological polar surface area (TPSA) is 46.5 Å². The quantitative estimate of drug-likeness (QED) is 0.615. The van der Waals surface area contributed by atoms with Crippen LogP contribution in [0, 0.1) is 5.82 Å². The van der Waals surface area contributed by atoms with Crippen LogP contribution in [0.3, 0.4) is 0 Å². The molecule has 118 valence electrons. The average molecular weight is 318 g/mol. The summed E-state index contributed by atoms with van der Waals surface area (Å²) in [6.45, 7) is 0.669. The van der Waals surface area contributed by atoms with Crippen molar-refractivity contribution in [2.75, 3.05) is 0 Å². The van der Waals surface area contributed by atoms with E-state index in [1.165, 1.54) is 12.1 Å². The molecule has 0 unspecified atom stereocenters. The lowest BCUT2D eigenvalue weighted by molar-refractivity contribution is 0.628. The van der Waals surface area contributed by atoms with Gasteiger partial charge in [0.2, 0.25) is 0 Å². The summed E-state index contributed by atoms with van der Waals surface area (Å²) in [6, 6.07) is 12.4. The van der Waals surface area contributed by atoms with E-state index in [0.29, 0.717) is 6.54 Å². The van der Waals surface area contributed by atoms with Gasteiger partial charge in [-0.3, -0.25) is 4.98 Å². The van der Waals surface area contributed by atoms with Gasteiger partial charge in [0.15, 0.2) is 0 Å². The molecule has 0 radical (unpaired) electrons. The van der Waals surface area contributed by atoms with Crippen LogP contribution in [0.2, 0.25) is 0 Å². The minimum absolute atomic E-state index is 0.253. The Morgan fingerprint density at radius 1 is 1.04 bits per heavy atom. The molecule has 4 nitrogen and oxygen atoms in total. The molecule has 0 bridgehead atoms. The van der Waals surface area contributed by atoms with Gasteiger partial charge in [0.25, 0.3) is 0 Å². The fraction of sp³-hybridized carbons (Fsp3) is 0.0526. The molecule has 1 N–H and O–H groups in total. The first kappa shape index (κ1) is 14.4. The van der Waals surface area contributed by atoms with Crippen LogP contribution >= 0.6 is 0 Å².